The van der Waals surface area contributed by atoms with Crippen LogP contribution in [0.5, 0.6) is 0 Å². The molecule has 3 rings (SSSR count). The second-order valence-corrected chi connectivity index (χ2v) is 5.74. The van der Waals surface area contributed by atoms with Crippen molar-refractivity contribution in [3.8, 4) is 17.3 Å². The summed E-state index contributed by atoms with van der Waals surface area (Å²) in [6.45, 7) is 3.19. The number of carbonyl (C=O) groups is 1. The average molecular weight is 310 g/mol. The van der Waals surface area contributed by atoms with Gasteiger partial charge in [-0.15, -0.1) is 0 Å². The lowest BCUT2D eigenvalue weighted by Gasteiger charge is -2.12. The number of nitrogens with one attached hydrogen (secondary N) is 1. The highest BCUT2D eigenvalue weighted by atomic mass is 16.1. The van der Waals surface area contributed by atoms with Crippen molar-refractivity contribution in [3.63, 3.8) is 0 Å². The standard InChI is InChI=1S/C16H18N6O/c1-11-14(9-21(2)20-11)12-3-4-15(18-7-12)16(23)19-13-5-6-22(8-13)10-17/h3-4,7,9,13H,5-6,8H2,1-2H3,(H,19,23). The summed E-state index contributed by atoms with van der Waals surface area (Å²) >= 11 is 0. The van der Waals surface area contributed by atoms with Gasteiger partial charge in [0.15, 0.2) is 6.19 Å². The molecule has 7 nitrogen and oxygen atoms in total. The van der Waals surface area contributed by atoms with E-state index < -0.39 is 0 Å². The molecular formula is C16H18N6O. The van der Waals surface area contributed by atoms with Crippen LogP contribution in [0.25, 0.3) is 11.1 Å². The number of carbonyl (C=O) groups excluding carboxylic acids is 1. The Morgan fingerprint density at radius 1 is 1.48 bits per heavy atom. The third kappa shape index (κ3) is 3.16. The Hall–Kier alpha value is -2.88. The van der Waals surface area contributed by atoms with E-state index in [4.69, 9.17) is 5.26 Å². The zero-order valence-corrected chi connectivity index (χ0v) is 13.2. The fraction of sp³-hybridized carbons (Fsp3) is 0.375. The Bertz CT molecular complexity index is 758. The Morgan fingerprint density at radius 3 is 2.87 bits per heavy atom. The molecule has 1 aliphatic heterocycles. The van der Waals surface area contributed by atoms with Crippen LogP contribution < -0.4 is 5.32 Å². The first-order valence-corrected chi connectivity index (χ1v) is 7.49. The van der Waals surface area contributed by atoms with Gasteiger partial charge in [0.1, 0.15) is 5.69 Å². The zero-order chi connectivity index (χ0) is 16.4. The Balaban J connectivity index is 1.69. The van der Waals surface area contributed by atoms with E-state index >= 15 is 0 Å². The number of hydrogen-bond donors (Lipinski definition) is 1. The highest BCUT2D eigenvalue weighted by molar-refractivity contribution is 5.92. The summed E-state index contributed by atoms with van der Waals surface area (Å²) in [4.78, 5) is 18.1. The van der Waals surface area contributed by atoms with Crippen LogP contribution in [-0.4, -0.2) is 44.7 Å². The van der Waals surface area contributed by atoms with E-state index in [0.29, 0.717) is 18.8 Å². The van der Waals surface area contributed by atoms with Crippen LogP contribution in [0.1, 0.15) is 22.6 Å². The summed E-state index contributed by atoms with van der Waals surface area (Å²) in [7, 11) is 1.87. The van der Waals surface area contributed by atoms with Crippen LogP contribution >= 0.6 is 0 Å². The highest BCUT2D eigenvalue weighted by Gasteiger charge is 2.23. The van der Waals surface area contributed by atoms with Gasteiger partial charge in [0, 0.05) is 49.7 Å². The van der Waals surface area contributed by atoms with Crippen molar-refractivity contribution >= 4 is 5.91 Å². The number of rotatable bonds is 3. The molecule has 118 valence electrons. The predicted octanol–water partition coefficient (Wildman–Crippen LogP) is 1.08. The van der Waals surface area contributed by atoms with E-state index in [1.54, 1.807) is 21.8 Å². The maximum atomic E-state index is 12.2. The van der Waals surface area contributed by atoms with Crippen molar-refractivity contribution in [1.82, 2.24) is 25.0 Å². The number of aryl methyl sites for hydroxylation is 2. The van der Waals surface area contributed by atoms with Crippen molar-refractivity contribution in [2.45, 2.75) is 19.4 Å². The lowest BCUT2D eigenvalue weighted by Crippen LogP contribution is -2.36. The Kier molecular flexibility index (Phi) is 3.98. The molecule has 23 heavy (non-hydrogen) atoms. The molecule has 2 aromatic rings. The van der Waals surface area contributed by atoms with E-state index in [2.05, 4.69) is 21.6 Å². The molecule has 1 aliphatic rings. The number of aromatic nitrogens is 3. The second-order valence-electron chi connectivity index (χ2n) is 5.74. The third-order valence-electron chi connectivity index (χ3n) is 3.99. The Labute approximate surface area is 134 Å². The van der Waals surface area contributed by atoms with Gasteiger partial charge >= 0.3 is 0 Å². The molecule has 1 amide bonds. The van der Waals surface area contributed by atoms with Crippen LogP contribution in [0.2, 0.25) is 0 Å². The minimum absolute atomic E-state index is 0.00388. The van der Waals surface area contributed by atoms with Crippen LogP contribution in [0.4, 0.5) is 0 Å². The summed E-state index contributed by atoms with van der Waals surface area (Å²) in [5, 5.41) is 16.1. The number of hydrogen-bond acceptors (Lipinski definition) is 5. The van der Waals surface area contributed by atoms with Gasteiger partial charge in [-0.25, -0.2) is 0 Å². The van der Waals surface area contributed by atoms with Gasteiger partial charge in [-0.05, 0) is 19.4 Å². The fourth-order valence-corrected chi connectivity index (χ4v) is 2.80. The lowest BCUT2D eigenvalue weighted by atomic mass is 10.1. The Morgan fingerprint density at radius 2 is 2.30 bits per heavy atom. The van der Waals surface area contributed by atoms with E-state index in [1.807, 2.05) is 26.2 Å². The van der Waals surface area contributed by atoms with Crippen LogP contribution in [0, 0.1) is 18.4 Å². The third-order valence-corrected chi connectivity index (χ3v) is 3.99. The number of amides is 1. The fourth-order valence-electron chi connectivity index (χ4n) is 2.80. The van der Waals surface area contributed by atoms with Crippen molar-refractivity contribution in [1.29, 1.82) is 5.26 Å². The number of likely N-dealkylation sites (tertiary alicyclic amines) is 1. The van der Waals surface area contributed by atoms with Crippen molar-refractivity contribution < 1.29 is 4.79 Å². The summed E-state index contributed by atoms with van der Waals surface area (Å²) in [5.74, 6) is -0.204. The van der Waals surface area contributed by atoms with Gasteiger partial charge in [0.2, 0.25) is 0 Å². The molecule has 1 N–H and O–H groups in total. The monoisotopic (exact) mass is 310 g/mol. The van der Waals surface area contributed by atoms with Gasteiger partial charge < -0.3 is 10.2 Å². The number of pyridine rings is 1. The molecule has 3 heterocycles. The van der Waals surface area contributed by atoms with Crippen molar-refractivity contribution in [3.05, 3.63) is 35.9 Å². The molecule has 0 radical (unpaired) electrons. The van der Waals surface area contributed by atoms with Gasteiger partial charge in [0.25, 0.3) is 5.91 Å². The van der Waals surface area contributed by atoms with Crippen molar-refractivity contribution in [2.75, 3.05) is 13.1 Å². The predicted molar refractivity (Wildman–Crippen MR) is 84.2 cm³/mol. The molecule has 0 bridgehead atoms. The minimum Gasteiger partial charge on any atom is -0.346 e. The molecule has 2 aromatic heterocycles. The molecular weight excluding hydrogens is 292 g/mol. The topological polar surface area (TPSA) is 86.8 Å². The highest BCUT2D eigenvalue weighted by Crippen LogP contribution is 2.21. The van der Waals surface area contributed by atoms with E-state index in [0.717, 1.165) is 23.2 Å². The molecule has 1 fully saturated rings. The maximum Gasteiger partial charge on any atom is 0.270 e. The molecule has 1 unspecified atom stereocenters. The SMILES string of the molecule is Cc1nn(C)cc1-c1ccc(C(=O)NC2CCN(C#N)C2)nc1. The first-order chi connectivity index (χ1) is 11.1. The van der Waals surface area contributed by atoms with E-state index in [1.165, 1.54) is 0 Å². The zero-order valence-electron chi connectivity index (χ0n) is 13.2. The van der Waals surface area contributed by atoms with Crippen LogP contribution in [-0.2, 0) is 7.05 Å². The van der Waals surface area contributed by atoms with E-state index in [-0.39, 0.29) is 11.9 Å². The first kappa shape index (κ1) is 15.0. The number of nitriles is 1. The van der Waals surface area contributed by atoms with Gasteiger partial charge in [0.05, 0.1) is 5.69 Å². The number of nitrogens with zero attached hydrogens (tertiary/aromatic N) is 5. The van der Waals surface area contributed by atoms with Crippen molar-refractivity contribution in [2.24, 2.45) is 7.05 Å². The molecule has 0 aromatic carbocycles. The van der Waals surface area contributed by atoms with Crippen LogP contribution in [0.3, 0.4) is 0 Å². The quantitative estimate of drug-likeness (QED) is 0.857. The largest absolute Gasteiger partial charge is 0.346 e. The molecule has 0 spiro atoms. The maximum absolute atomic E-state index is 12.2. The molecule has 0 saturated carbocycles. The normalized spacial score (nSPS) is 17.1. The molecule has 1 saturated heterocycles. The summed E-state index contributed by atoms with van der Waals surface area (Å²) in [6.07, 6.45) is 6.50. The molecule has 7 heteroatoms. The lowest BCUT2D eigenvalue weighted by molar-refractivity contribution is 0.0934. The first-order valence-electron chi connectivity index (χ1n) is 7.49. The van der Waals surface area contributed by atoms with Gasteiger partial charge in [-0.2, -0.15) is 10.4 Å². The van der Waals surface area contributed by atoms with E-state index in [9.17, 15) is 4.79 Å². The second kappa shape index (κ2) is 6.08. The van der Waals surface area contributed by atoms with Gasteiger partial charge in [-0.3, -0.25) is 14.5 Å². The average Bonchev–Trinajstić information content (AvgIpc) is 3.13. The summed E-state index contributed by atoms with van der Waals surface area (Å²) in [6, 6.07) is 3.60. The summed E-state index contributed by atoms with van der Waals surface area (Å²) in [5.41, 5.74) is 3.25. The minimum atomic E-state index is -0.204. The smallest absolute Gasteiger partial charge is 0.270 e. The van der Waals surface area contributed by atoms with Crippen LogP contribution in [0.15, 0.2) is 24.5 Å². The molecule has 0 aliphatic carbocycles. The molecule has 1 atom stereocenters. The van der Waals surface area contributed by atoms with Gasteiger partial charge in [-0.1, -0.05) is 6.07 Å². The summed E-state index contributed by atoms with van der Waals surface area (Å²) < 4.78 is 1.76.